The van der Waals surface area contributed by atoms with Gasteiger partial charge in [0.2, 0.25) is 0 Å². The molecular weight excluding hydrogens is 320 g/mol. The second-order valence-electron chi connectivity index (χ2n) is 6.77. The van der Waals surface area contributed by atoms with Crippen molar-refractivity contribution in [1.82, 2.24) is 10.2 Å². The first-order valence-corrected chi connectivity index (χ1v) is 8.72. The zero-order valence-corrected chi connectivity index (χ0v) is 14.2. The molecule has 1 N–H and O–H groups in total. The highest BCUT2D eigenvalue weighted by Gasteiger charge is 2.52. The number of halogens is 1. The van der Waals surface area contributed by atoms with Gasteiger partial charge in [0.25, 0.3) is 5.91 Å². The molecule has 114 valence electrons. The number of carbonyl (C=O) groups excluding carboxylic acids is 2. The lowest BCUT2D eigenvalue weighted by atomic mass is 9.77. The fourth-order valence-electron chi connectivity index (χ4n) is 3.11. The van der Waals surface area contributed by atoms with Crippen LogP contribution in [-0.4, -0.2) is 34.3 Å². The standard InChI is InChI=1S/C15H25BrN2O2/c1-10(2)12(8-16)9-18-13(19)15(17-14(18)20)6-4-11(3)5-7-15/h10-12H,4-9H2,1-3H3,(H,17,20). The fraction of sp³-hybridized carbons (Fsp3) is 0.867. The lowest BCUT2D eigenvalue weighted by Crippen LogP contribution is -2.49. The molecule has 1 unspecified atom stereocenters. The minimum atomic E-state index is -0.600. The van der Waals surface area contributed by atoms with E-state index in [9.17, 15) is 9.59 Å². The van der Waals surface area contributed by atoms with E-state index in [2.05, 4.69) is 42.0 Å². The van der Waals surface area contributed by atoms with Crippen molar-refractivity contribution in [2.75, 3.05) is 11.9 Å². The van der Waals surface area contributed by atoms with Crippen molar-refractivity contribution in [3.8, 4) is 0 Å². The van der Waals surface area contributed by atoms with Gasteiger partial charge in [0.15, 0.2) is 0 Å². The first-order valence-electron chi connectivity index (χ1n) is 7.59. The monoisotopic (exact) mass is 344 g/mol. The van der Waals surface area contributed by atoms with E-state index in [4.69, 9.17) is 0 Å². The van der Waals surface area contributed by atoms with Crippen LogP contribution in [0.2, 0.25) is 0 Å². The third-order valence-corrected chi connectivity index (χ3v) is 5.76. The van der Waals surface area contributed by atoms with E-state index in [1.54, 1.807) is 0 Å². The third-order valence-electron chi connectivity index (χ3n) is 4.93. The summed E-state index contributed by atoms with van der Waals surface area (Å²) >= 11 is 3.49. The fourth-order valence-corrected chi connectivity index (χ4v) is 4.06. The largest absolute Gasteiger partial charge is 0.325 e. The molecule has 20 heavy (non-hydrogen) atoms. The summed E-state index contributed by atoms with van der Waals surface area (Å²) in [5, 5.41) is 3.79. The van der Waals surface area contributed by atoms with Gasteiger partial charge in [-0.05, 0) is 43.4 Å². The molecule has 4 nitrogen and oxygen atoms in total. The van der Waals surface area contributed by atoms with Gasteiger partial charge in [-0.15, -0.1) is 0 Å². The summed E-state index contributed by atoms with van der Waals surface area (Å²) in [4.78, 5) is 26.3. The van der Waals surface area contributed by atoms with Crippen LogP contribution in [0.3, 0.4) is 0 Å². The second-order valence-corrected chi connectivity index (χ2v) is 7.42. The molecular formula is C15H25BrN2O2. The van der Waals surface area contributed by atoms with Crippen molar-refractivity contribution in [2.45, 2.75) is 52.0 Å². The Morgan fingerprint density at radius 1 is 1.35 bits per heavy atom. The lowest BCUT2D eigenvalue weighted by molar-refractivity contribution is -0.133. The smallest absolute Gasteiger partial charge is 0.323 e. The number of hydrogen-bond acceptors (Lipinski definition) is 2. The zero-order chi connectivity index (χ0) is 14.9. The maximum absolute atomic E-state index is 12.7. The molecule has 0 aromatic carbocycles. The quantitative estimate of drug-likeness (QED) is 0.629. The average molecular weight is 345 g/mol. The Morgan fingerprint density at radius 2 is 1.95 bits per heavy atom. The summed E-state index contributed by atoms with van der Waals surface area (Å²) in [6.45, 7) is 6.99. The molecule has 0 radical (unpaired) electrons. The van der Waals surface area contributed by atoms with Gasteiger partial charge >= 0.3 is 6.03 Å². The second kappa shape index (κ2) is 6.04. The molecule has 3 amide bonds. The molecule has 0 bridgehead atoms. The molecule has 5 heteroatoms. The molecule has 1 atom stereocenters. The van der Waals surface area contributed by atoms with E-state index in [1.165, 1.54) is 4.90 Å². The molecule has 2 fully saturated rings. The average Bonchev–Trinajstić information content (AvgIpc) is 2.63. The predicted molar refractivity (Wildman–Crippen MR) is 82.7 cm³/mol. The Labute approximate surface area is 129 Å². The maximum Gasteiger partial charge on any atom is 0.325 e. The van der Waals surface area contributed by atoms with E-state index in [0.717, 1.165) is 31.0 Å². The molecule has 2 rings (SSSR count). The van der Waals surface area contributed by atoms with E-state index in [0.29, 0.717) is 24.3 Å². The van der Waals surface area contributed by atoms with Crippen LogP contribution in [0.4, 0.5) is 4.79 Å². The van der Waals surface area contributed by atoms with Crippen LogP contribution in [-0.2, 0) is 4.79 Å². The molecule has 1 saturated carbocycles. The summed E-state index contributed by atoms with van der Waals surface area (Å²) in [5.41, 5.74) is -0.600. The highest BCUT2D eigenvalue weighted by molar-refractivity contribution is 9.09. The van der Waals surface area contributed by atoms with Gasteiger partial charge in [0.1, 0.15) is 5.54 Å². The van der Waals surface area contributed by atoms with Gasteiger partial charge in [-0.2, -0.15) is 0 Å². The third kappa shape index (κ3) is 2.87. The van der Waals surface area contributed by atoms with Crippen molar-refractivity contribution in [1.29, 1.82) is 0 Å². The number of alkyl halides is 1. The van der Waals surface area contributed by atoms with Gasteiger partial charge < -0.3 is 5.32 Å². The first kappa shape index (κ1) is 15.8. The minimum absolute atomic E-state index is 0.000926. The predicted octanol–water partition coefficient (Wildman–Crippen LogP) is 3.15. The highest BCUT2D eigenvalue weighted by Crippen LogP contribution is 2.36. The molecule has 1 spiro atoms. The van der Waals surface area contributed by atoms with Crippen LogP contribution in [0.5, 0.6) is 0 Å². The van der Waals surface area contributed by atoms with Gasteiger partial charge in [-0.3, -0.25) is 9.69 Å². The van der Waals surface area contributed by atoms with Gasteiger partial charge in [-0.1, -0.05) is 36.7 Å². The van der Waals surface area contributed by atoms with Crippen LogP contribution < -0.4 is 5.32 Å². The number of carbonyl (C=O) groups is 2. The van der Waals surface area contributed by atoms with Gasteiger partial charge in [-0.25, -0.2) is 4.79 Å². The van der Waals surface area contributed by atoms with Crippen LogP contribution in [0, 0.1) is 17.8 Å². The number of rotatable bonds is 4. The Balaban J connectivity index is 2.09. The molecule has 0 aromatic heterocycles. The van der Waals surface area contributed by atoms with Crippen molar-refractivity contribution >= 4 is 27.9 Å². The number of amides is 3. The number of hydrogen-bond donors (Lipinski definition) is 1. The Kier molecular flexibility index (Phi) is 4.77. The van der Waals surface area contributed by atoms with Crippen LogP contribution in [0.1, 0.15) is 46.5 Å². The topological polar surface area (TPSA) is 49.4 Å². The van der Waals surface area contributed by atoms with Gasteiger partial charge in [0, 0.05) is 11.9 Å². The Bertz CT molecular complexity index is 389. The van der Waals surface area contributed by atoms with E-state index >= 15 is 0 Å². The van der Waals surface area contributed by atoms with Crippen molar-refractivity contribution in [3.63, 3.8) is 0 Å². The van der Waals surface area contributed by atoms with Crippen molar-refractivity contribution < 1.29 is 9.59 Å². The maximum atomic E-state index is 12.7. The van der Waals surface area contributed by atoms with Crippen LogP contribution in [0.15, 0.2) is 0 Å². The normalized spacial score (nSPS) is 32.0. The van der Waals surface area contributed by atoms with E-state index < -0.39 is 5.54 Å². The van der Waals surface area contributed by atoms with Crippen molar-refractivity contribution in [2.24, 2.45) is 17.8 Å². The summed E-state index contributed by atoms with van der Waals surface area (Å²) in [7, 11) is 0. The number of imide groups is 1. The minimum Gasteiger partial charge on any atom is -0.323 e. The van der Waals surface area contributed by atoms with Crippen molar-refractivity contribution in [3.05, 3.63) is 0 Å². The molecule has 1 aliphatic heterocycles. The van der Waals surface area contributed by atoms with E-state index in [1.807, 2.05) is 0 Å². The molecule has 2 aliphatic rings. The number of nitrogens with one attached hydrogen (secondary N) is 1. The van der Waals surface area contributed by atoms with Crippen LogP contribution >= 0.6 is 15.9 Å². The highest BCUT2D eigenvalue weighted by atomic mass is 79.9. The van der Waals surface area contributed by atoms with Gasteiger partial charge in [0.05, 0.1) is 0 Å². The molecule has 1 saturated heterocycles. The summed E-state index contributed by atoms with van der Waals surface area (Å²) < 4.78 is 0. The Hall–Kier alpha value is -0.580. The summed E-state index contributed by atoms with van der Waals surface area (Å²) in [6, 6.07) is -0.198. The molecule has 1 heterocycles. The lowest BCUT2D eigenvalue weighted by Gasteiger charge is -2.33. The Morgan fingerprint density at radius 3 is 2.45 bits per heavy atom. The van der Waals surface area contributed by atoms with Crippen LogP contribution in [0.25, 0.3) is 0 Å². The number of nitrogens with zero attached hydrogens (tertiary/aromatic N) is 1. The SMILES string of the molecule is CC1CCC2(CC1)NC(=O)N(CC(CBr)C(C)C)C2=O. The first-order chi connectivity index (χ1) is 9.39. The summed E-state index contributed by atoms with van der Waals surface area (Å²) in [6.07, 6.45) is 3.61. The van der Waals surface area contributed by atoms with E-state index in [-0.39, 0.29) is 11.9 Å². The number of urea groups is 1. The molecule has 1 aliphatic carbocycles. The zero-order valence-electron chi connectivity index (χ0n) is 12.6. The molecule has 0 aromatic rings. The summed E-state index contributed by atoms with van der Waals surface area (Å²) in [5.74, 6) is 1.41.